The maximum atomic E-state index is 10.0. The van der Waals surface area contributed by atoms with E-state index < -0.39 is 0 Å². The molecule has 1 rings (SSSR count). The average molecular weight is 243 g/mol. The molecule has 1 heterocycles. The van der Waals surface area contributed by atoms with Gasteiger partial charge in [-0.1, -0.05) is 20.8 Å². The van der Waals surface area contributed by atoms with Crippen molar-refractivity contribution in [1.82, 2.24) is 4.90 Å². The molecular weight excluding hydrogens is 214 g/mol. The lowest BCUT2D eigenvalue weighted by Gasteiger charge is -2.34. The highest BCUT2D eigenvalue weighted by Gasteiger charge is 2.24. The topological polar surface area (TPSA) is 32.7 Å². The summed E-state index contributed by atoms with van der Waals surface area (Å²) in [5, 5.41) is 10.0. The second-order valence-corrected chi connectivity index (χ2v) is 6.43. The van der Waals surface area contributed by atoms with Crippen LogP contribution in [0.1, 0.15) is 40.0 Å². The number of aliphatic hydroxyl groups is 1. The molecule has 0 amide bonds. The number of likely N-dealkylation sites (tertiary alicyclic amines) is 1. The third-order valence-corrected chi connectivity index (χ3v) is 3.72. The van der Waals surface area contributed by atoms with Crippen LogP contribution < -0.4 is 0 Å². The van der Waals surface area contributed by atoms with Crippen molar-refractivity contribution in [2.24, 2.45) is 11.3 Å². The fourth-order valence-electron chi connectivity index (χ4n) is 2.46. The second kappa shape index (κ2) is 6.72. The van der Waals surface area contributed by atoms with E-state index in [2.05, 4.69) is 25.7 Å². The molecule has 102 valence electrons. The van der Waals surface area contributed by atoms with Crippen molar-refractivity contribution in [2.45, 2.75) is 46.1 Å². The zero-order valence-corrected chi connectivity index (χ0v) is 11.9. The number of ether oxygens (including phenoxy) is 1. The van der Waals surface area contributed by atoms with E-state index in [1.807, 2.05) is 0 Å². The number of aliphatic hydroxyl groups excluding tert-OH is 1. The van der Waals surface area contributed by atoms with Crippen LogP contribution in [0.2, 0.25) is 0 Å². The molecule has 1 N–H and O–H groups in total. The van der Waals surface area contributed by atoms with E-state index in [-0.39, 0.29) is 11.5 Å². The van der Waals surface area contributed by atoms with Crippen LogP contribution in [-0.2, 0) is 4.74 Å². The lowest BCUT2D eigenvalue weighted by molar-refractivity contribution is 0.0347. The van der Waals surface area contributed by atoms with Crippen molar-refractivity contribution in [3.8, 4) is 0 Å². The molecule has 0 aromatic carbocycles. The Morgan fingerprint density at radius 1 is 1.41 bits per heavy atom. The lowest BCUT2D eigenvalue weighted by Crippen LogP contribution is -2.39. The molecule has 0 spiro atoms. The SMILES string of the molecule is COCC1CCCN(CCC(O)C(C)(C)C)C1. The first-order chi connectivity index (χ1) is 7.93. The average Bonchev–Trinajstić information content (AvgIpc) is 2.25. The van der Waals surface area contributed by atoms with E-state index in [1.54, 1.807) is 7.11 Å². The van der Waals surface area contributed by atoms with Gasteiger partial charge in [0.2, 0.25) is 0 Å². The minimum absolute atomic E-state index is 0.00170. The number of rotatable bonds is 5. The van der Waals surface area contributed by atoms with Crippen LogP contribution in [0.4, 0.5) is 0 Å². The zero-order valence-electron chi connectivity index (χ0n) is 11.9. The van der Waals surface area contributed by atoms with Crippen molar-refractivity contribution in [3.05, 3.63) is 0 Å². The Labute approximate surface area is 106 Å². The molecule has 0 saturated carbocycles. The molecule has 1 saturated heterocycles. The van der Waals surface area contributed by atoms with Gasteiger partial charge in [0.15, 0.2) is 0 Å². The predicted molar refractivity (Wildman–Crippen MR) is 71.1 cm³/mol. The minimum atomic E-state index is -0.203. The van der Waals surface area contributed by atoms with E-state index in [4.69, 9.17) is 4.74 Å². The van der Waals surface area contributed by atoms with Crippen molar-refractivity contribution in [2.75, 3.05) is 33.4 Å². The van der Waals surface area contributed by atoms with Crippen molar-refractivity contribution >= 4 is 0 Å². The number of hydrogen-bond donors (Lipinski definition) is 1. The smallest absolute Gasteiger partial charge is 0.0600 e. The molecule has 0 radical (unpaired) electrons. The summed E-state index contributed by atoms with van der Waals surface area (Å²) in [6.45, 7) is 10.5. The molecule has 0 bridgehead atoms. The Balaban J connectivity index is 2.27. The number of hydrogen-bond acceptors (Lipinski definition) is 3. The van der Waals surface area contributed by atoms with Gasteiger partial charge in [-0.05, 0) is 37.1 Å². The van der Waals surface area contributed by atoms with Gasteiger partial charge in [-0.25, -0.2) is 0 Å². The number of piperidine rings is 1. The quantitative estimate of drug-likeness (QED) is 0.803. The summed E-state index contributed by atoms with van der Waals surface area (Å²) >= 11 is 0. The molecule has 3 heteroatoms. The molecule has 1 aliphatic heterocycles. The van der Waals surface area contributed by atoms with E-state index >= 15 is 0 Å². The highest BCUT2D eigenvalue weighted by molar-refractivity contribution is 4.77. The summed E-state index contributed by atoms with van der Waals surface area (Å²) in [6.07, 6.45) is 3.22. The Kier molecular flexibility index (Phi) is 5.90. The van der Waals surface area contributed by atoms with Crippen LogP contribution in [0.25, 0.3) is 0 Å². The molecule has 2 atom stereocenters. The van der Waals surface area contributed by atoms with Gasteiger partial charge in [-0.15, -0.1) is 0 Å². The predicted octanol–water partition coefficient (Wildman–Crippen LogP) is 2.14. The first-order valence-electron chi connectivity index (χ1n) is 6.83. The van der Waals surface area contributed by atoms with Gasteiger partial charge in [0, 0.05) is 20.2 Å². The molecule has 17 heavy (non-hydrogen) atoms. The standard InChI is InChI=1S/C14H29NO2/c1-14(2,3)13(16)7-9-15-8-5-6-12(10-15)11-17-4/h12-13,16H,5-11H2,1-4H3. The van der Waals surface area contributed by atoms with Gasteiger partial charge >= 0.3 is 0 Å². The lowest BCUT2D eigenvalue weighted by atomic mass is 9.87. The Bertz CT molecular complexity index is 211. The molecule has 0 aliphatic carbocycles. The van der Waals surface area contributed by atoms with Gasteiger partial charge < -0.3 is 14.7 Å². The molecule has 0 aromatic rings. The van der Waals surface area contributed by atoms with Gasteiger partial charge in [0.25, 0.3) is 0 Å². The maximum absolute atomic E-state index is 10.0. The van der Waals surface area contributed by atoms with E-state index in [0.717, 1.165) is 26.1 Å². The minimum Gasteiger partial charge on any atom is -0.393 e. The van der Waals surface area contributed by atoms with Gasteiger partial charge in [0.1, 0.15) is 0 Å². The molecule has 3 nitrogen and oxygen atoms in total. The summed E-state index contributed by atoms with van der Waals surface area (Å²) in [5.74, 6) is 0.681. The summed E-state index contributed by atoms with van der Waals surface area (Å²) < 4.78 is 5.23. The maximum Gasteiger partial charge on any atom is 0.0600 e. The zero-order chi connectivity index (χ0) is 12.9. The van der Waals surface area contributed by atoms with E-state index in [0.29, 0.717) is 5.92 Å². The number of nitrogens with zero attached hydrogens (tertiary/aromatic N) is 1. The summed E-state index contributed by atoms with van der Waals surface area (Å²) in [6, 6.07) is 0. The van der Waals surface area contributed by atoms with Crippen molar-refractivity contribution < 1.29 is 9.84 Å². The first-order valence-corrected chi connectivity index (χ1v) is 6.83. The van der Waals surface area contributed by atoms with Gasteiger partial charge in [-0.2, -0.15) is 0 Å². The van der Waals surface area contributed by atoms with Crippen LogP contribution in [0, 0.1) is 11.3 Å². The van der Waals surface area contributed by atoms with Crippen LogP contribution in [0.5, 0.6) is 0 Å². The van der Waals surface area contributed by atoms with Gasteiger partial charge in [0.05, 0.1) is 12.7 Å². The van der Waals surface area contributed by atoms with E-state index in [1.165, 1.54) is 19.4 Å². The molecule has 1 aliphatic rings. The van der Waals surface area contributed by atoms with Crippen LogP contribution in [0.3, 0.4) is 0 Å². The highest BCUT2D eigenvalue weighted by Crippen LogP contribution is 2.23. The monoisotopic (exact) mass is 243 g/mol. The largest absolute Gasteiger partial charge is 0.393 e. The molecule has 1 fully saturated rings. The van der Waals surface area contributed by atoms with Crippen LogP contribution in [0.15, 0.2) is 0 Å². The van der Waals surface area contributed by atoms with Crippen LogP contribution >= 0.6 is 0 Å². The van der Waals surface area contributed by atoms with Crippen molar-refractivity contribution in [1.29, 1.82) is 0 Å². The fraction of sp³-hybridized carbons (Fsp3) is 1.00. The Morgan fingerprint density at radius 2 is 2.12 bits per heavy atom. The molecular formula is C14H29NO2. The fourth-order valence-corrected chi connectivity index (χ4v) is 2.46. The summed E-state index contributed by atoms with van der Waals surface area (Å²) in [7, 11) is 1.78. The van der Waals surface area contributed by atoms with E-state index in [9.17, 15) is 5.11 Å². The number of methoxy groups -OCH3 is 1. The summed E-state index contributed by atoms with van der Waals surface area (Å²) in [4.78, 5) is 2.47. The van der Waals surface area contributed by atoms with Crippen molar-refractivity contribution in [3.63, 3.8) is 0 Å². The normalized spacial score (nSPS) is 24.9. The third kappa shape index (κ3) is 5.36. The molecule has 0 aromatic heterocycles. The Hall–Kier alpha value is -0.120. The molecule has 2 unspecified atom stereocenters. The first kappa shape index (κ1) is 14.9. The third-order valence-electron chi connectivity index (χ3n) is 3.72. The van der Waals surface area contributed by atoms with Crippen LogP contribution in [-0.4, -0.2) is 49.5 Å². The Morgan fingerprint density at radius 3 is 2.71 bits per heavy atom. The summed E-state index contributed by atoms with van der Waals surface area (Å²) in [5.41, 5.74) is 0.00170. The second-order valence-electron chi connectivity index (χ2n) is 6.43. The highest BCUT2D eigenvalue weighted by atomic mass is 16.5. The van der Waals surface area contributed by atoms with Gasteiger partial charge in [-0.3, -0.25) is 0 Å².